The van der Waals surface area contributed by atoms with Crippen LogP contribution in [0.3, 0.4) is 0 Å². The first kappa shape index (κ1) is 17.1. The molecule has 1 aliphatic rings. The number of halogens is 1. The van der Waals surface area contributed by atoms with Crippen LogP contribution in [-0.4, -0.2) is 32.7 Å². The molecule has 3 aromatic rings. The Morgan fingerprint density at radius 2 is 2.17 bits per heavy atom. The van der Waals surface area contributed by atoms with E-state index in [1.165, 1.54) is 0 Å². The van der Waals surface area contributed by atoms with Gasteiger partial charge in [0.05, 0.1) is 23.1 Å². The third-order valence-corrected chi connectivity index (χ3v) is 5.36. The summed E-state index contributed by atoms with van der Waals surface area (Å²) in [5.41, 5.74) is 3.66. The van der Waals surface area contributed by atoms with Gasteiger partial charge >= 0.3 is 0 Å². The average molecular weight is 366 g/mol. The highest BCUT2D eigenvalue weighted by molar-refractivity contribution is 7.13. The van der Waals surface area contributed by atoms with Gasteiger partial charge in [-0.25, -0.2) is 9.50 Å². The third kappa shape index (κ3) is 2.99. The molecule has 2 N–H and O–H groups in total. The highest BCUT2D eigenvalue weighted by Gasteiger charge is 2.21. The Balaban J connectivity index is 0.00000169. The normalized spacial score (nSPS) is 15.5. The Hall–Kier alpha value is -1.70. The molecule has 0 saturated carbocycles. The zero-order chi connectivity index (χ0) is 15.8. The largest absolute Gasteiger partial charge is 0.317 e. The number of hydrogen-bond donors (Lipinski definition) is 2. The summed E-state index contributed by atoms with van der Waals surface area (Å²) in [6, 6.07) is 1.69. The Labute approximate surface area is 149 Å². The van der Waals surface area contributed by atoms with Crippen molar-refractivity contribution in [3.05, 3.63) is 39.4 Å². The van der Waals surface area contributed by atoms with Crippen LogP contribution in [0.2, 0.25) is 0 Å². The number of fused-ring (bicyclic) bond motifs is 1. The van der Waals surface area contributed by atoms with E-state index in [9.17, 15) is 4.79 Å². The second-order valence-electron chi connectivity index (χ2n) is 5.90. The fourth-order valence-corrected chi connectivity index (χ4v) is 4.08. The second-order valence-corrected chi connectivity index (χ2v) is 6.76. The molecule has 4 heterocycles. The lowest BCUT2D eigenvalue weighted by Crippen LogP contribution is -2.28. The lowest BCUT2D eigenvalue weighted by molar-refractivity contribution is 0.446. The molecule has 128 valence electrons. The highest BCUT2D eigenvalue weighted by atomic mass is 35.5. The van der Waals surface area contributed by atoms with Crippen molar-refractivity contribution >= 4 is 29.4 Å². The summed E-state index contributed by atoms with van der Waals surface area (Å²) >= 11 is 1.60. The van der Waals surface area contributed by atoms with Gasteiger partial charge in [0, 0.05) is 17.4 Å². The van der Waals surface area contributed by atoms with Gasteiger partial charge in [0.15, 0.2) is 0 Å². The molecule has 24 heavy (non-hydrogen) atoms. The van der Waals surface area contributed by atoms with Crippen LogP contribution < -0.4 is 10.9 Å². The summed E-state index contributed by atoms with van der Waals surface area (Å²) in [5.74, 6) is 0.372. The van der Waals surface area contributed by atoms with Crippen LogP contribution in [0.4, 0.5) is 0 Å². The zero-order valence-electron chi connectivity index (χ0n) is 13.4. The summed E-state index contributed by atoms with van der Waals surface area (Å²) < 4.78 is 1.89. The first-order chi connectivity index (χ1) is 11.3. The number of aromatic nitrogens is 4. The summed E-state index contributed by atoms with van der Waals surface area (Å²) in [4.78, 5) is 19.7. The van der Waals surface area contributed by atoms with E-state index in [0.717, 1.165) is 60.0 Å². The monoisotopic (exact) mass is 365 g/mol. The van der Waals surface area contributed by atoms with E-state index >= 15 is 0 Å². The minimum absolute atomic E-state index is 0. The number of aromatic amines is 1. The molecule has 0 unspecified atom stereocenters. The van der Waals surface area contributed by atoms with Crippen molar-refractivity contribution in [3.8, 4) is 10.6 Å². The Kier molecular flexibility index (Phi) is 5.03. The van der Waals surface area contributed by atoms with Crippen molar-refractivity contribution in [2.24, 2.45) is 0 Å². The van der Waals surface area contributed by atoms with Crippen LogP contribution in [-0.2, 0) is 6.42 Å². The summed E-state index contributed by atoms with van der Waals surface area (Å²) in [5, 5.41) is 10.9. The van der Waals surface area contributed by atoms with Crippen molar-refractivity contribution in [1.29, 1.82) is 0 Å². The minimum Gasteiger partial charge on any atom is -0.317 e. The fraction of sp³-hybridized carbons (Fsp3) is 0.438. The molecule has 0 bridgehead atoms. The Bertz CT molecular complexity index is 893. The van der Waals surface area contributed by atoms with Gasteiger partial charge in [0.1, 0.15) is 10.7 Å². The van der Waals surface area contributed by atoms with E-state index in [2.05, 4.69) is 32.7 Å². The number of H-pyrrole nitrogens is 1. The molecule has 8 heteroatoms. The van der Waals surface area contributed by atoms with Gasteiger partial charge in [-0.2, -0.15) is 5.10 Å². The summed E-state index contributed by atoms with van der Waals surface area (Å²) in [7, 11) is 0. The molecule has 1 aliphatic heterocycles. The number of hydrogen-bond acceptors (Lipinski definition) is 5. The van der Waals surface area contributed by atoms with E-state index in [1.54, 1.807) is 17.4 Å². The Morgan fingerprint density at radius 1 is 1.38 bits per heavy atom. The van der Waals surface area contributed by atoms with Crippen molar-refractivity contribution in [3.63, 3.8) is 0 Å². The van der Waals surface area contributed by atoms with E-state index in [1.807, 2.05) is 10.7 Å². The number of piperidine rings is 1. The molecule has 1 saturated heterocycles. The lowest BCUT2D eigenvalue weighted by atomic mass is 9.94. The third-order valence-electron chi connectivity index (χ3n) is 4.44. The van der Waals surface area contributed by atoms with Gasteiger partial charge in [-0.1, -0.05) is 6.92 Å². The second kappa shape index (κ2) is 7.04. The fourth-order valence-electron chi connectivity index (χ4n) is 3.17. The minimum atomic E-state index is -0.0694. The maximum Gasteiger partial charge on any atom is 0.251 e. The summed E-state index contributed by atoms with van der Waals surface area (Å²) in [6.07, 6.45) is 4.79. The maximum atomic E-state index is 12.2. The molecule has 0 aliphatic carbocycles. The van der Waals surface area contributed by atoms with Crippen LogP contribution in [0.25, 0.3) is 16.2 Å². The van der Waals surface area contributed by atoms with Gasteiger partial charge in [-0.05, 0) is 32.4 Å². The van der Waals surface area contributed by atoms with Crippen molar-refractivity contribution in [1.82, 2.24) is 24.9 Å². The molecule has 0 aromatic carbocycles. The van der Waals surface area contributed by atoms with Gasteiger partial charge < -0.3 is 10.3 Å². The van der Waals surface area contributed by atoms with E-state index in [-0.39, 0.29) is 18.0 Å². The van der Waals surface area contributed by atoms with Gasteiger partial charge in [0.2, 0.25) is 0 Å². The number of thiazole rings is 1. The Morgan fingerprint density at radius 3 is 2.88 bits per heavy atom. The topological polar surface area (TPSA) is 75.1 Å². The molecule has 0 amide bonds. The van der Waals surface area contributed by atoms with Gasteiger partial charge in [-0.15, -0.1) is 23.7 Å². The van der Waals surface area contributed by atoms with Gasteiger partial charge in [0.25, 0.3) is 5.56 Å². The molecule has 1 fully saturated rings. The first-order valence-corrected chi connectivity index (χ1v) is 8.90. The molecule has 3 aromatic heterocycles. The number of aryl methyl sites for hydroxylation is 1. The van der Waals surface area contributed by atoms with Crippen LogP contribution in [0.5, 0.6) is 0 Å². The predicted molar refractivity (Wildman–Crippen MR) is 98.4 cm³/mol. The molecular weight excluding hydrogens is 346 g/mol. The van der Waals surface area contributed by atoms with E-state index in [4.69, 9.17) is 0 Å². The quantitative estimate of drug-likeness (QED) is 0.748. The smallest absolute Gasteiger partial charge is 0.251 e. The molecule has 4 rings (SSSR count). The van der Waals surface area contributed by atoms with Crippen LogP contribution in [0.15, 0.2) is 22.4 Å². The molecular formula is C16H20ClN5OS. The van der Waals surface area contributed by atoms with Crippen molar-refractivity contribution in [2.45, 2.75) is 32.1 Å². The highest BCUT2D eigenvalue weighted by Crippen LogP contribution is 2.30. The average Bonchev–Trinajstić information content (AvgIpc) is 3.21. The molecule has 0 radical (unpaired) electrons. The number of nitrogens with one attached hydrogen (secondary N) is 2. The first-order valence-electron chi connectivity index (χ1n) is 8.02. The number of nitrogens with zero attached hydrogens (tertiary/aromatic N) is 3. The summed E-state index contributed by atoms with van der Waals surface area (Å²) in [6.45, 7) is 4.06. The van der Waals surface area contributed by atoms with Crippen molar-refractivity contribution in [2.75, 3.05) is 13.1 Å². The van der Waals surface area contributed by atoms with Crippen LogP contribution in [0, 0.1) is 0 Å². The van der Waals surface area contributed by atoms with Crippen molar-refractivity contribution < 1.29 is 0 Å². The molecule has 0 atom stereocenters. The molecule has 0 spiro atoms. The standard InChI is InChI=1S/C16H19N5OS.ClH/c1-2-11-9-23-16(19-11)12-8-18-21-13(7-14(22)20-15(12)21)10-3-5-17-6-4-10;/h7-10,17H,2-6H2,1H3,(H,20,22);1H. The van der Waals surface area contributed by atoms with Crippen LogP contribution >= 0.6 is 23.7 Å². The predicted octanol–water partition coefficient (Wildman–Crippen LogP) is 2.60. The van der Waals surface area contributed by atoms with Gasteiger partial charge in [-0.3, -0.25) is 4.79 Å². The maximum absolute atomic E-state index is 12.2. The molecule has 6 nitrogen and oxygen atoms in total. The van der Waals surface area contributed by atoms with E-state index in [0.29, 0.717) is 5.92 Å². The van der Waals surface area contributed by atoms with Crippen LogP contribution in [0.1, 0.15) is 37.1 Å². The SMILES string of the molecule is CCc1csc(-c2cnn3c(C4CCNCC4)cc(=O)[nH]c23)n1.Cl. The lowest BCUT2D eigenvalue weighted by Gasteiger charge is -2.23. The van der Waals surface area contributed by atoms with E-state index < -0.39 is 0 Å². The zero-order valence-corrected chi connectivity index (χ0v) is 15.0. The number of rotatable bonds is 3.